The Morgan fingerprint density at radius 1 is 1.00 bits per heavy atom. The normalized spacial score (nSPS) is 40.4. The number of rotatable bonds is 3. The first-order valence-electron chi connectivity index (χ1n) is 8.32. The van der Waals surface area contributed by atoms with Crippen molar-refractivity contribution in [3.8, 4) is 0 Å². The van der Waals surface area contributed by atoms with E-state index in [2.05, 4.69) is 43.5 Å². The Bertz CT molecular complexity index is 466. The molecule has 0 saturated heterocycles. The Morgan fingerprint density at radius 2 is 1.55 bits per heavy atom. The molecule has 0 aromatic heterocycles. The van der Waals surface area contributed by atoms with E-state index < -0.39 is 0 Å². The van der Waals surface area contributed by atoms with Crippen LogP contribution in [0.4, 0.5) is 0 Å². The Kier molecular flexibility index (Phi) is 2.98. The molecule has 4 aliphatic carbocycles. The van der Waals surface area contributed by atoms with Gasteiger partial charge in [0.1, 0.15) is 0 Å². The molecule has 0 aliphatic heterocycles. The molecule has 0 radical (unpaired) electrons. The van der Waals surface area contributed by atoms with Gasteiger partial charge in [-0.2, -0.15) is 0 Å². The fourth-order valence-corrected chi connectivity index (χ4v) is 5.42. The van der Waals surface area contributed by atoms with Gasteiger partial charge in [0.2, 0.25) is 0 Å². The summed E-state index contributed by atoms with van der Waals surface area (Å²) >= 11 is 0. The van der Waals surface area contributed by atoms with Crippen molar-refractivity contribution in [2.75, 3.05) is 0 Å². The Labute approximate surface area is 122 Å². The molecule has 106 valence electrons. The molecule has 1 aromatic rings. The minimum Gasteiger partial charge on any atom is -0.289 e. The van der Waals surface area contributed by atoms with Gasteiger partial charge in [0.15, 0.2) is 0 Å². The fraction of sp³-hybridized carbons (Fsp3) is 0.632. The topological polar surface area (TPSA) is 12.4 Å². The lowest BCUT2D eigenvalue weighted by Gasteiger charge is -2.55. The second-order valence-corrected chi connectivity index (χ2v) is 7.64. The summed E-state index contributed by atoms with van der Waals surface area (Å²) in [6, 6.07) is 11.0. The molecule has 4 saturated carbocycles. The average molecular weight is 267 g/mol. The van der Waals surface area contributed by atoms with Gasteiger partial charge in [-0.25, -0.2) is 0 Å². The average Bonchev–Trinajstić information content (AvgIpc) is 2.44. The molecule has 1 nitrogen and oxygen atoms in total. The molecule has 20 heavy (non-hydrogen) atoms. The molecule has 5 rings (SSSR count). The monoisotopic (exact) mass is 267 g/mol. The van der Waals surface area contributed by atoms with Crippen LogP contribution in [0.15, 0.2) is 35.3 Å². The van der Waals surface area contributed by atoms with Crippen molar-refractivity contribution in [1.82, 2.24) is 0 Å². The molecule has 0 heterocycles. The first-order chi connectivity index (χ1) is 9.72. The maximum Gasteiger partial charge on any atom is 0.0717 e. The summed E-state index contributed by atoms with van der Waals surface area (Å²) in [4.78, 5) is 4.96. The van der Waals surface area contributed by atoms with Gasteiger partial charge in [0.25, 0.3) is 0 Å². The standard InChI is InChI=1S/C19H25N/c1-14(18-5-3-2-4-6-18)20-13-19-10-15-7-16(11-19)9-17(8-15)12-19/h2-6,13-17H,7-12H2,1H3/t14-,15?,16?,17?,19?/m0/s1. The van der Waals surface area contributed by atoms with Gasteiger partial charge in [-0.15, -0.1) is 0 Å². The van der Waals surface area contributed by atoms with Crippen molar-refractivity contribution in [3.05, 3.63) is 35.9 Å². The maximum atomic E-state index is 4.96. The SMILES string of the molecule is C[C@H](N=CC12CC3CC(CC(C3)C1)C2)c1ccccc1. The maximum absolute atomic E-state index is 4.96. The second-order valence-electron chi connectivity index (χ2n) is 7.64. The smallest absolute Gasteiger partial charge is 0.0717 e. The molecule has 4 bridgehead atoms. The predicted octanol–water partition coefficient (Wildman–Crippen LogP) is 5.03. The second kappa shape index (κ2) is 4.72. The highest BCUT2D eigenvalue weighted by Crippen LogP contribution is 2.59. The third-order valence-electron chi connectivity index (χ3n) is 5.94. The first-order valence-corrected chi connectivity index (χ1v) is 8.32. The van der Waals surface area contributed by atoms with Gasteiger partial charge in [-0.1, -0.05) is 30.3 Å². The zero-order valence-corrected chi connectivity index (χ0v) is 12.5. The van der Waals surface area contributed by atoms with Gasteiger partial charge in [0.05, 0.1) is 6.04 Å². The van der Waals surface area contributed by atoms with E-state index in [9.17, 15) is 0 Å². The van der Waals surface area contributed by atoms with E-state index in [1.165, 1.54) is 44.1 Å². The van der Waals surface area contributed by atoms with E-state index in [1.54, 1.807) is 0 Å². The minimum atomic E-state index is 0.309. The van der Waals surface area contributed by atoms with Crippen LogP contribution in [0.5, 0.6) is 0 Å². The van der Waals surface area contributed by atoms with Gasteiger partial charge < -0.3 is 0 Å². The lowest BCUT2D eigenvalue weighted by Crippen LogP contribution is -2.46. The zero-order chi connectivity index (χ0) is 13.6. The summed E-state index contributed by atoms with van der Waals surface area (Å²) in [5.41, 5.74) is 1.81. The van der Waals surface area contributed by atoms with Gasteiger partial charge in [-0.05, 0) is 68.8 Å². The van der Waals surface area contributed by atoms with Crippen LogP contribution in [0.25, 0.3) is 0 Å². The number of nitrogens with zero attached hydrogens (tertiary/aromatic N) is 1. The van der Waals surface area contributed by atoms with E-state index in [-0.39, 0.29) is 0 Å². The summed E-state index contributed by atoms with van der Waals surface area (Å²) in [5.74, 6) is 3.04. The molecule has 0 amide bonds. The molecule has 0 unspecified atom stereocenters. The highest BCUT2D eigenvalue weighted by molar-refractivity contribution is 5.67. The number of benzene rings is 1. The molecule has 1 atom stereocenters. The van der Waals surface area contributed by atoms with Crippen molar-refractivity contribution in [1.29, 1.82) is 0 Å². The van der Waals surface area contributed by atoms with Crippen LogP contribution in [0.2, 0.25) is 0 Å². The quantitative estimate of drug-likeness (QED) is 0.681. The molecular formula is C19H25N. The van der Waals surface area contributed by atoms with Gasteiger partial charge in [-0.3, -0.25) is 4.99 Å². The summed E-state index contributed by atoms with van der Waals surface area (Å²) in [5, 5.41) is 0. The summed E-state index contributed by atoms with van der Waals surface area (Å²) in [6.45, 7) is 2.23. The van der Waals surface area contributed by atoms with Crippen LogP contribution >= 0.6 is 0 Å². The van der Waals surface area contributed by atoms with E-state index in [1.807, 2.05) is 0 Å². The van der Waals surface area contributed by atoms with Crippen molar-refractivity contribution in [2.24, 2.45) is 28.2 Å². The van der Waals surface area contributed by atoms with Crippen LogP contribution in [-0.2, 0) is 0 Å². The highest BCUT2D eigenvalue weighted by Gasteiger charge is 2.50. The van der Waals surface area contributed by atoms with Crippen LogP contribution < -0.4 is 0 Å². The predicted molar refractivity (Wildman–Crippen MR) is 84.0 cm³/mol. The summed E-state index contributed by atoms with van der Waals surface area (Å²) in [6.07, 6.45) is 11.2. The van der Waals surface area contributed by atoms with E-state index in [4.69, 9.17) is 4.99 Å². The van der Waals surface area contributed by atoms with Crippen LogP contribution in [0.1, 0.15) is 57.1 Å². The third-order valence-corrected chi connectivity index (χ3v) is 5.94. The fourth-order valence-electron chi connectivity index (χ4n) is 5.42. The molecule has 0 N–H and O–H groups in total. The van der Waals surface area contributed by atoms with E-state index in [0.717, 1.165) is 17.8 Å². The van der Waals surface area contributed by atoms with Crippen LogP contribution in [0.3, 0.4) is 0 Å². The first kappa shape index (κ1) is 12.6. The lowest BCUT2D eigenvalue weighted by atomic mass is 9.50. The van der Waals surface area contributed by atoms with Crippen LogP contribution in [0, 0.1) is 23.2 Å². The van der Waals surface area contributed by atoms with E-state index in [0.29, 0.717) is 11.5 Å². The molecule has 1 heteroatoms. The summed E-state index contributed by atoms with van der Waals surface area (Å²) < 4.78 is 0. The van der Waals surface area contributed by atoms with Gasteiger partial charge in [0, 0.05) is 11.6 Å². The summed E-state index contributed by atoms with van der Waals surface area (Å²) in [7, 11) is 0. The molecular weight excluding hydrogens is 242 g/mol. The minimum absolute atomic E-state index is 0.309. The molecule has 4 fully saturated rings. The number of aliphatic imine (C=N–C) groups is 1. The third kappa shape index (κ3) is 2.21. The largest absolute Gasteiger partial charge is 0.289 e. The lowest BCUT2D eigenvalue weighted by molar-refractivity contribution is -0.00978. The molecule has 1 aromatic carbocycles. The van der Waals surface area contributed by atoms with Crippen molar-refractivity contribution >= 4 is 6.21 Å². The number of hydrogen-bond donors (Lipinski definition) is 0. The van der Waals surface area contributed by atoms with Crippen molar-refractivity contribution in [2.45, 2.75) is 51.5 Å². The molecule has 0 spiro atoms. The van der Waals surface area contributed by atoms with Crippen molar-refractivity contribution in [3.63, 3.8) is 0 Å². The zero-order valence-electron chi connectivity index (χ0n) is 12.5. The Hall–Kier alpha value is -1.11. The van der Waals surface area contributed by atoms with Crippen molar-refractivity contribution < 1.29 is 0 Å². The van der Waals surface area contributed by atoms with Gasteiger partial charge >= 0.3 is 0 Å². The highest BCUT2D eigenvalue weighted by atomic mass is 14.8. The van der Waals surface area contributed by atoms with E-state index >= 15 is 0 Å². The number of hydrogen-bond acceptors (Lipinski definition) is 1. The Balaban J connectivity index is 1.52. The Morgan fingerprint density at radius 3 is 2.10 bits per heavy atom. The molecule has 4 aliphatic rings. The van der Waals surface area contributed by atoms with Crippen LogP contribution in [-0.4, -0.2) is 6.21 Å².